The lowest BCUT2D eigenvalue weighted by Gasteiger charge is -2.14. The summed E-state index contributed by atoms with van der Waals surface area (Å²) in [6, 6.07) is 9.53. The fourth-order valence-electron chi connectivity index (χ4n) is 2.59. The Balaban J connectivity index is 2.06. The third kappa shape index (κ3) is 1.81. The van der Waals surface area contributed by atoms with Gasteiger partial charge in [0, 0.05) is 23.8 Å². The maximum atomic E-state index is 12.6. The van der Waals surface area contributed by atoms with Crippen molar-refractivity contribution < 1.29 is 9.53 Å². The minimum Gasteiger partial charge on any atom is -0.378 e. The number of Topliss-reactive ketones (excluding diaryl/α,β-unsaturated/α-hetero) is 1. The molecule has 2 unspecified atom stereocenters. The molecule has 0 bridgehead atoms. The molecule has 3 heteroatoms. The summed E-state index contributed by atoms with van der Waals surface area (Å²) in [5.41, 5.74) is 1.64. The maximum Gasteiger partial charge on any atom is 0.169 e. The fraction of sp³-hybridized carbons (Fsp3) is 0.333. The number of carbonyl (C=O) groups excluding carboxylic acids is 1. The van der Waals surface area contributed by atoms with Gasteiger partial charge in [0.2, 0.25) is 0 Å². The number of ether oxygens (including phenoxy) is 1. The van der Waals surface area contributed by atoms with E-state index in [1.165, 1.54) is 0 Å². The molecule has 2 atom stereocenters. The SMILES string of the molecule is CC1OCCC1C(=O)c1cccc2ncccc12. The summed E-state index contributed by atoms with van der Waals surface area (Å²) < 4.78 is 5.48. The molecular weight excluding hydrogens is 226 g/mol. The number of hydrogen-bond acceptors (Lipinski definition) is 3. The molecule has 3 rings (SSSR count). The van der Waals surface area contributed by atoms with Crippen LogP contribution in [0.15, 0.2) is 36.5 Å². The second-order valence-electron chi connectivity index (χ2n) is 4.71. The Morgan fingerprint density at radius 1 is 1.33 bits per heavy atom. The number of rotatable bonds is 2. The van der Waals surface area contributed by atoms with Crippen LogP contribution in [-0.4, -0.2) is 23.5 Å². The van der Waals surface area contributed by atoms with Crippen LogP contribution in [0, 0.1) is 5.92 Å². The van der Waals surface area contributed by atoms with E-state index in [1.54, 1.807) is 6.20 Å². The van der Waals surface area contributed by atoms with E-state index in [4.69, 9.17) is 4.74 Å². The number of carbonyl (C=O) groups is 1. The summed E-state index contributed by atoms with van der Waals surface area (Å²) in [5.74, 6) is 0.161. The molecule has 1 saturated heterocycles. The normalized spacial score (nSPS) is 23.4. The number of ketones is 1. The number of aromatic nitrogens is 1. The number of benzene rings is 1. The number of nitrogens with zero attached hydrogens (tertiary/aromatic N) is 1. The van der Waals surface area contributed by atoms with Crippen LogP contribution in [0.2, 0.25) is 0 Å². The van der Waals surface area contributed by atoms with Crippen molar-refractivity contribution in [2.45, 2.75) is 19.4 Å². The zero-order valence-corrected chi connectivity index (χ0v) is 10.3. The van der Waals surface area contributed by atoms with Crippen molar-refractivity contribution in [3.05, 3.63) is 42.1 Å². The Hall–Kier alpha value is -1.74. The van der Waals surface area contributed by atoms with Gasteiger partial charge >= 0.3 is 0 Å². The van der Waals surface area contributed by atoms with Gasteiger partial charge in [-0.2, -0.15) is 0 Å². The zero-order valence-electron chi connectivity index (χ0n) is 10.3. The first-order chi connectivity index (χ1) is 8.77. The monoisotopic (exact) mass is 241 g/mol. The van der Waals surface area contributed by atoms with E-state index < -0.39 is 0 Å². The van der Waals surface area contributed by atoms with Crippen LogP contribution < -0.4 is 0 Å². The van der Waals surface area contributed by atoms with Gasteiger partial charge in [0.05, 0.1) is 17.5 Å². The maximum absolute atomic E-state index is 12.6. The van der Waals surface area contributed by atoms with Crippen LogP contribution in [0.25, 0.3) is 10.9 Å². The minimum absolute atomic E-state index is 0.0178. The predicted molar refractivity (Wildman–Crippen MR) is 69.6 cm³/mol. The molecule has 0 radical (unpaired) electrons. The molecule has 3 nitrogen and oxygen atoms in total. The molecule has 0 spiro atoms. The average molecular weight is 241 g/mol. The fourth-order valence-corrected chi connectivity index (χ4v) is 2.59. The van der Waals surface area contributed by atoms with Crippen molar-refractivity contribution in [3.63, 3.8) is 0 Å². The lowest BCUT2D eigenvalue weighted by Crippen LogP contribution is -2.21. The third-order valence-electron chi connectivity index (χ3n) is 3.62. The van der Waals surface area contributed by atoms with Gasteiger partial charge in [-0.15, -0.1) is 0 Å². The second-order valence-corrected chi connectivity index (χ2v) is 4.71. The van der Waals surface area contributed by atoms with Crippen molar-refractivity contribution in [2.75, 3.05) is 6.61 Å². The number of fused-ring (bicyclic) bond motifs is 1. The molecule has 1 aliphatic heterocycles. The second kappa shape index (κ2) is 4.50. The first-order valence-electron chi connectivity index (χ1n) is 6.27. The molecule has 1 aromatic carbocycles. The lowest BCUT2D eigenvalue weighted by atomic mass is 9.90. The number of hydrogen-bond donors (Lipinski definition) is 0. The highest BCUT2D eigenvalue weighted by Crippen LogP contribution is 2.27. The predicted octanol–water partition coefficient (Wildman–Crippen LogP) is 2.84. The van der Waals surface area contributed by atoms with Crippen molar-refractivity contribution in [1.29, 1.82) is 0 Å². The Bertz CT molecular complexity index is 589. The molecular formula is C15H15NO2. The van der Waals surface area contributed by atoms with E-state index in [1.807, 2.05) is 37.3 Å². The Morgan fingerprint density at radius 3 is 3.00 bits per heavy atom. The molecule has 1 aromatic heterocycles. The molecule has 2 aromatic rings. The summed E-state index contributed by atoms with van der Waals surface area (Å²) in [6.45, 7) is 2.65. The Kier molecular flexibility index (Phi) is 2.84. The quantitative estimate of drug-likeness (QED) is 0.759. The first kappa shape index (κ1) is 11.4. The van der Waals surface area contributed by atoms with E-state index in [-0.39, 0.29) is 17.8 Å². The van der Waals surface area contributed by atoms with E-state index in [0.717, 1.165) is 22.9 Å². The molecule has 0 saturated carbocycles. The van der Waals surface area contributed by atoms with E-state index in [2.05, 4.69) is 4.98 Å². The summed E-state index contributed by atoms with van der Waals surface area (Å²) in [6.07, 6.45) is 2.58. The van der Waals surface area contributed by atoms with Gasteiger partial charge in [-0.1, -0.05) is 18.2 Å². The van der Waals surface area contributed by atoms with Gasteiger partial charge in [-0.05, 0) is 25.5 Å². The van der Waals surface area contributed by atoms with Gasteiger partial charge in [0.1, 0.15) is 0 Å². The van der Waals surface area contributed by atoms with Crippen molar-refractivity contribution >= 4 is 16.7 Å². The van der Waals surface area contributed by atoms with Crippen LogP contribution in [0.4, 0.5) is 0 Å². The highest BCUT2D eigenvalue weighted by Gasteiger charge is 2.31. The van der Waals surface area contributed by atoms with Crippen LogP contribution in [0.3, 0.4) is 0 Å². The standard InChI is InChI=1S/C15H15NO2/c1-10-11(7-9-18-10)15(17)13-4-2-6-14-12(13)5-3-8-16-14/h2-6,8,10-11H,7,9H2,1H3. The molecule has 2 heterocycles. The van der Waals surface area contributed by atoms with Gasteiger partial charge in [-0.3, -0.25) is 9.78 Å². The molecule has 0 N–H and O–H groups in total. The van der Waals surface area contributed by atoms with Gasteiger partial charge < -0.3 is 4.74 Å². The largest absolute Gasteiger partial charge is 0.378 e. The summed E-state index contributed by atoms with van der Waals surface area (Å²) >= 11 is 0. The number of pyridine rings is 1. The van der Waals surface area contributed by atoms with Crippen LogP contribution >= 0.6 is 0 Å². The molecule has 0 amide bonds. The molecule has 1 fully saturated rings. The minimum atomic E-state index is -0.0178. The van der Waals surface area contributed by atoms with Crippen LogP contribution in [0.5, 0.6) is 0 Å². The summed E-state index contributed by atoms with van der Waals surface area (Å²) in [7, 11) is 0. The zero-order chi connectivity index (χ0) is 12.5. The molecule has 92 valence electrons. The molecule has 0 aliphatic carbocycles. The average Bonchev–Trinajstić information content (AvgIpc) is 2.83. The van der Waals surface area contributed by atoms with Crippen molar-refractivity contribution in [3.8, 4) is 0 Å². The highest BCUT2D eigenvalue weighted by molar-refractivity contribution is 6.08. The van der Waals surface area contributed by atoms with E-state index in [0.29, 0.717) is 6.61 Å². The first-order valence-corrected chi connectivity index (χ1v) is 6.27. The van der Waals surface area contributed by atoms with Crippen molar-refractivity contribution in [2.24, 2.45) is 5.92 Å². The topological polar surface area (TPSA) is 39.2 Å². The lowest BCUT2D eigenvalue weighted by molar-refractivity contribution is 0.0766. The summed E-state index contributed by atoms with van der Waals surface area (Å²) in [4.78, 5) is 16.8. The van der Waals surface area contributed by atoms with E-state index in [9.17, 15) is 4.79 Å². The highest BCUT2D eigenvalue weighted by atomic mass is 16.5. The van der Waals surface area contributed by atoms with E-state index >= 15 is 0 Å². The van der Waals surface area contributed by atoms with Gasteiger partial charge in [-0.25, -0.2) is 0 Å². The molecule has 18 heavy (non-hydrogen) atoms. The van der Waals surface area contributed by atoms with Crippen LogP contribution in [0.1, 0.15) is 23.7 Å². The van der Waals surface area contributed by atoms with Crippen molar-refractivity contribution in [1.82, 2.24) is 4.98 Å². The summed E-state index contributed by atoms with van der Waals surface area (Å²) in [5, 5.41) is 0.934. The Morgan fingerprint density at radius 2 is 2.22 bits per heavy atom. The third-order valence-corrected chi connectivity index (χ3v) is 3.62. The van der Waals surface area contributed by atoms with Crippen LogP contribution in [-0.2, 0) is 4.74 Å². The van der Waals surface area contributed by atoms with Gasteiger partial charge in [0.15, 0.2) is 5.78 Å². The van der Waals surface area contributed by atoms with Gasteiger partial charge in [0.25, 0.3) is 0 Å². The smallest absolute Gasteiger partial charge is 0.169 e. The molecule has 1 aliphatic rings. The Labute approximate surface area is 106 Å².